The molecule has 4 bridgehead atoms. The van der Waals surface area contributed by atoms with E-state index in [0.29, 0.717) is 11.2 Å². The SMILES string of the molecule is Nc1cc(NCC23CC4CC(CC(C4)C2)C3)ccn1. The predicted octanol–water partition coefficient (Wildman–Crippen LogP) is 3.29. The van der Waals surface area contributed by atoms with Crippen molar-refractivity contribution < 1.29 is 0 Å². The Hall–Kier alpha value is -1.25. The van der Waals surface area contributed by atoms with Gasteiger partial charge in [0, 0.05) is 24.5 Å². The Bertz CT molecular complexity index is 447. The molecule has 3 N–H and O–H groups in total. The highest BCUT2D eigenvalue weighted by molar-refractivity contribution is 5.49. The number of pyridine rings is 1. The molecule has 1 aromatic heterocycles. The highest BCUT2D eigenvalue weighted by atomic mass is 14.9. The van der Waals surface area contributed by atoms with Crippen molar-refractivity contribution in [1.29, 1.82) is 0 Å². The normalized spacial score (nSPS) is 39.5. The van der Waals surface area contributed by atoms with Crippen LogP contribution in [0.1, 0.15) is 38.5 Å². The number of nitrogens with one attached hydrogen (secondary N) is 1. The molecule has 3 heteroatoms. The third-order valence-electron chi connectivity index (χ3n) is 5.61. The van der Waals surface area contributed by atoms with Crippen LogP contribution in [0.5, 0.6) is 0 Å². The third kappa shape index (κ3) is 2.09. The van der Waals surface area contributed by atoms with E-state index in [2.05, 4.69) is 10.3 Å². The fourth-order valence-corrected chi connectivity index (χ4v) is 5.35. The van der Waals surface area contributed by atoms with E-state index in [0.717, 1.165) is 30.0 Å². The van der Waals surface area contributed by atoms with Gasteiger partial charge in [-0.2, -0.15) is 0 Å². The Kier molecular flexibility index (Phi) is 2.51. The van der Waals surface area contributed by atoms with Crippen molar-refractivity contribution >= 4 is 11.5 Å². The maximum absolute atomic E-state index is 5.74. The van der Waals surface area contributed by atoms with Crippen LogP contribution in [0.15, 0.2) is 18.3 Å². The molecule has 3 nitrogen and oxygen atoms in total. The van der Waals surface area contributed by atoms with E-state index < -0.39 is 0 Å². The Morgan fingerprint density at radius 1 is 1.16 bits per heavy atom. The largest absolute Gasteiger partial charge is 0.384 e. The van der Waals surface area contributed by atoms with E-state index >= 15 is 0 Å². The molecule has 1 heterocycles. The van der Waals surface area contributed by atoms with Crippen LogP contribution in [0.2, 0.25) is 0 Å². The summed E-state index contributed by atoms with van der Waals surface area (Å²) in [4.78, 5) is 4.05. The number of nitrogen functional groups attached to an aromatic ring is 1. The zero-order valence-electron chi connectivity index (χ0n) is 11.4. The maximum Gasteiger partial charge on any atom is 0.125 e. The number of aromatic nitrogens is 1. The standard InChI is InChI=1S/C16H23N3/c17-15-6-14(1-2-18-15)19-10-16-7-11-3-12(8-16)5-13(4-11)9-16/h1-2,6,11-13H,3-5,7-10H2,(H3,17,18,19). The van der Waals surface area contributed by atoms with Gasteiger partial charge in [-0.15, -0.1) is 0 Å². The molecule has 0 atom stereocenters. The first-order valence-electron chi connectivity index (χ1n) is 7.66. The molecule has 0 radical (unpaired) electrons. The Morgan fingerprint density at radius 2 is 1.79 bits per heavy atom. The maximum atomic E-state index is 5.74. The first-order valence-corrected chi connectivity index (χ1v) is 7.66. The molecule has 4 aliphatic carbocycles. The third-order valence-corrected chi connectivity index (χ3v) is 5.61. The molecule has 5 rings (SSSR count). The highest BCUT2D eigenvalue weighted by Gasteiger charge is 2.50. The fraction of sp³-hybridized carbons (Fsp3) is 0.688. The van der Waals surface area contributed by atoms with Gasteiger partial charge >= 0.3 is 0 Å². The van der Waals surface area contributed by atoms with Crippen LogP contribution in [0.3, 0.4) is 0 Å². The molecular formula is C16H23N3. The second-order valence-electron chi connectivity index (χ2n) is 7.24. The predicted molar refractivity (Wildman–Crippen MR) is 77.7 cm³/mol. The van der Waals surface area contributed by atoms with Crippen LogP contribution in [0.4, 0.5) is 11.5 Å². The van der Waals surface area contributed by atoms with Gasteiger partial charge in [0.15, 0.2) is 0 Å². The molecule has 0 aromatic carbocycles. The Balaban J connectivity index is 1.48. The minimum Gasteiger partial charge on any atom is -0.384 e. The van der Waals surface area contributed by atoms with E-state index in [1.54, 1.807) is 6.20 Å². The lowest BCUT2D eigenvalue weighted by Crippen LogP contribution is -2.49. The van der Waals surface area contributed by atoms with E-state index in [4.69, 9.17) is 5.73 Å². The van der Waals surface area contributed by atoms with Gasteiger partial charge in [-0.1, -0.05) is 0 Å². The lowest BCUT2D eigenvalue weighted by molar-refractivity contribution is -0.0444. The van der Waals surface area contributed by atoms with Crippen molar-refractivity contribution in [1.82, 2.24) is 4.98 Å². The lowest BCUT2D eigenvalue weighted by atomic mass is 9.49. The number of nitrogens with two attached hydrogens (primary N) is 1. The minimum absolute atomic E-state index is 0.576. The highest BCUT2D eigenvalue weighted by Crippen LogP contribution is 2.59. The molecule has 0 aliphatic heterocycles. The molecule has 4 saturated carbocycles. The van der Waals surface area contributed by atoms with Gasteiger partial charge < -0.3 is 11.1 Å². The van der Waals surface area contributed by atoms with Crippen LogP contribution < -0.4 is 11.1 Å². The quantitative estimate of drug-likeness (QED) is 0.873. The fourth-order valence-electron chi connectivity index (χ4n) is 5.35. The average molecular weight is 257 g/mol. The second-order valence-corrected chi connectivity index (χ2v) is 7.24. The molecule has 1 aromatic rings. The summed E-state index contributed by atoms with van der Waals surface area (Å²) in [6.07, 6.45) is 10.7. The molecule has 4 fully saturated rings. The molecule has 0 amide bonds. The summed E-state index contributed by atoms with van der Waals surface area (Å²) in [6, 6.07) is 3.97. The number of nitrogens with zero attached hydrogens (tertiary/aromatic N) is 1. The van der Waals surface area contributed by atoms with Gasteiger partial charge in [-0.3, -0.25) is 0 Å². The van der Waals surface area contributed by atoms with Crippen molar-refractivity contribution in [2.45, 2.75) is 38.5 Å². The Morgan fingerprint density at radius 3 is 2.37 bits per heavy atom. The van der Waals surface area contributed by atoms with E-state index in [-0.39, 0.29) is 0 Å². The first kappa shape index (κ1) is 11.6. The molecule has 0 unspecified atom stereocenters. The van der Waals surface area contributed by atoms with E-state index in [1.807, 2.05) is 12.1 Å². The van der Waals surface area contributed by atoms with Crippen molar-refractivity contribution in [2.24, 2.45) is 23.2 Å². The summed E-state index contributed by atoms with van der Waals surface area (Å²) in [5.74, 6) is 3.68. The molecule has 0 saturated heterocycles. The monoisotopic (exact) mass is 257 g/mol. The summed E-state index contributed by atoms with van der Waals surface area (Å²) >= 11 is 0. The molecule has 4 aliphatic rings. The summed E-state index contributed by atoms with van der Waals surface area (Å²) in [5.41, 5.74) is 7.45. The number of rotatable bonds is 3. The Labute approximate surface area is 115 Å². The van der Waals surface area contributed by atoms with Crippen molar-refractivity contribution in [3.05, 3.63) is 18.3 Å². The van der Waals surface area contributed by atoms with Crippen LogP contribution in [-0.4, -0.2) is 11.5 Å². The van der Waals surface area contributed by atoms with Crippen molar-refractivity contribution in [2.75, 3.05) is 17.6 Å². The summed E-state index contributed by atoms with van der Waals surface area (Å²) in [7, 11) is 0. The zero-order valence-corrected chi connectivity index (χ0v) is 11.4. The summed E-state index contributed by atoms with van der Waals surface area (Å²) < 4.78 is 0. The van der Waals surface area contributed by atoms with Gasteiger partial charge in [-0.25, -0.2) is 4.98 Å². The molecule has 0 spiro atoms. The zero-order chi connectivity index (χ0) is 12.9. The molecule has 102 valence electrons. The van der Waals surface area contributed by atoms with Gasteiger partial charge in [0.05, 0.1) is 0 Å². The minimum atomic E-state index is 0.576. The number of hydrogen-bond donors (Lipinski definition) is 2. The topological polar surface area (TPSA) is 50.9 Å². The van der Waals surface area contributed by atoms with Crippen LogP contribution in [0.25, 0.3) is 0 Å². The second kappa shape index (κ2) is 4.12. The number of hydrogen-bond acceptors (Lipinski definition) is 3. The van der Waals surface area contributed by atoms with E-state index in [9.17, 15) is 0 Å². The van der Waals surface area contributed by atoms with Crippen molar-refractivity contribution in [3.63, 3.8) is 0 Å². The summed E-state index contributed by atoms with van der Waals surface area (Å²) in [5, 5.41) is 3.62. The molecular weight excluding hydrogens is 234 g/mol. The van der Waals surface area contributed by atoms with Gasteiger partial charge in [0.2, 0.25) is 0 Å². The van der Waals surface area contributed by atoms with Crippen LogP contribution in [-0.2, 0) is 0 Å². The van der Waals surface area contributed by atoms with Gasteiger partial charge in [0.25, 0.3) is 0 Å². The first-order chi connectivity index (χ1) is 9.21. The van der Waals surface area contributed by atoms with Gasteiger partial charge in [-0.05, 0) is 67.8 Å². The van der Waals surface area contributed by atoms with Crippen LogP contribution >= 0.6 is 0 Å². The van der Waals surface area contributed by atoms with Crippen LogP contribution in [0, 0.1) is 23.2 Å². The number of anilines is 2. The smallest absolute Gasteiger partial charge is 0.125 e. The van der Waals surface area contributed by atoms with Gasteiger partial charge in [0.1, 0.15) is 5.82 Å². The summed E-state index contributed by atoms with van der Waals surface area (Å²) in [6.45, 7) is 1.12. The van der Waals surface area contributed by atoms with Crippen molar-refractivity contribution in [3.8, 4) is 0 Å². The average Bonchev–Trinajstić information content (AvgIpc) is 2.35. The van der Waals surface area contributed by atoms with E-state index in [1.165, 1.54) is 38.5 Å². The lowest BCUT2D eigenvalue weighted by Gasteiger charge is -2.57. The molecule has 19 heavy (non-hydrogen) atoms.